The number of carbonyl (C=O) groups excluding carboxylic acids is 1. The van der Waals surface area contributed by atoms with Gasteiger partial charge in [0.2, 0.25) is 0 Å². The maximum absolute atomic E-state index is 12.0. The summed E-state index contributed by atoms with van der Waals surface area (Å²) in [5, 5.41) is 0. The van der Waals surface area contributed by atoms with Crippen LogP contribution < -0.4 is 0 Å². The summed E-state index contributed by atoms with van der Waals surface area (Å²) < 4.78 is 23.0. The fourth-order valence-corrected chi connectivity index (χ4v) is 4.73. The number of rotatable bonds is 2. The van der Waals surface area contributed by atoms with Crippen molar-refractivity contribution >= 4 is 5.97 Å². The van der Waals surface area contributed by atoms with Gasteiger partial charge in [0.05, 0.1) is 35.7 Å². The van der Waals surface area contributed by atoms with Crippen LogP contribution in [0.1, 0.15) is 53.4 Å². The lowest BCUT2D eigenvalue weighted by Gasteiger charge is -2.33. The number of hydrogen-bond donors (Lipinski definition) is 0. The molecule has 130 valence electrons. The number of furan rings is 1. The minimum atomic E-state index is -0.334. The van der Waals surface area contributed by atoms with Gasteiger partial charge in [-0.05, 0) is 37.0 Å². The summed E-state index contributed by atoms with van der Waals surface area (Å²) in [6.45, 7) is 4.63. The lowest BCUT2D eigenvalue weighted by molar-refractivity contribution is -0.140. The molecule has 3 aliphatic rings. The van der Waals surface area contributed by atoms with Crippen LogP contribution in [0.5, 0.6) is 0 Å². The molecule has 0 amide bonds. The quantitative estimate of drug-likeness (QED) is 0.780. The van der Waals surface area contributed by atoms with Gasteiger partial charge in [-0.3, -0.25) is 0 Å². The summed E-state index contributed by atoms with van der Waals surface area (Å²) in [4.78, 5) is 12.0. The molecule has 4 heterocycles. The molecule has 2 aromatic rings. The molecule has 0 bridgehead atoms. The number of hydrogen-bond acceptors (Lipinski definition) is 5. The Bertz CT molecular complexity index is 827. The number of cyclic esters (lactones) is 1. The zero-order chi connectivity index (χ0) is 17.2. The van der Waals surface area contributed by atoms with Gasteiger partial charge in [-0.25, -0.2) is 4.79 Å². The molecule has 0 N–H and O–H groups in total. The van der Waals surface area contributed by atoms with E-state index in [1.807, 2.05) is 18.2 Å². The van der Waals surface area contributed by atoms with Gasteiger partial charge in [0.25, 0.3) is 0 Å². The molecule has 5 rings (SSSR count). The van der Waals surface area contributed by atoms with E-state index in [9.17, 15) is 4.79 Å². The van der Waals surface area contributed by atoms with E-state index in [1.54, 1.807) is 12.5 Å². The molecule has 25 heavy (non-hydrogen) atoms. The Morgan fingerprint density at radius 1 is 1.16 bits per heavy atom. The Hall–Kier alpha value is -2.11. The third-order valence-electron chi connectivity index (χ3n) is 6.25. The number of benzene rings is 1. The fourth-order valence-electron chi connectivity index (χ4n) is 4.73. The number of esters is 1. The maximum atomic E-state index is 12.0. The van der Waals surface area contributed by atoms with E-state index in [-0.39, 0.29) is 35.8 Å². The molecule has 5 atom stereocenters. The van der Waals surface area contributed by atoms with Crippen molar-refractivity contribution in [1.29, 1.82) is 0 Å². The molecule has 0 unspecified atom stereocenters. The van der Waals surface area contributed by atoms with Crippen molar-refractivity contribution in [3.05, 3.63) is 59.0 Å². The van der Waals surface area contributed by atoms with E-state index in [0.717, 1.165) is 23.1 Å². The first kappa shape index (κ1) is 15.2. The minimum Gasteiger partial charge on any atom is -0.472 e. The van der Waals surface area contributed by atoms with Gasteiger partial charge in [-0.1, -0.05) is 19.1 Å². The molecule has 1 aromatic heterocycles. The average Bonchev–Trinajstić information content (AvgIpc) is 3.36. The smallest absolute Gasteiger partial charge is 0.338 e. The van der Waals surface area contributed by atoms with Crippen molar-refractivity contribution in [3.63, 3.8) is 0 Å². The maximum Gasteiger partial charge on any atom is 0.338 e. The second-order valence-corrected chi connectivity index (χ2v) is 7.30. The van der Waals surface area contributed by atoms with Crippen LogP contribution in [0.4, 0.5) is 0 Å². The summed E-state index contributed by atoms with van der Waals surface area (Å²) in [6.07, 6.45) is 3.87. The average molecular weight is 340 g/mol. The van der Waals surface area contributed by atoms with Crippen LogP contribution in [0.15, 0.2) is 41.2 Å². The molecule has 3 aliphatic heterocycles. The second kappa shape index (κ2) is 5.19. The van der Waals surface area contributed by atoms with Crippen LogP contribution in [0.3, 0.4) is 0 Å². The standard InChI is InChI=1S/C20H20O5/c1-11-12(2)24-19-20(11,8-17(25-19)13-6-7-22-9-13)16-5-3-4-14-15(16)10-23-18(14)21/h3-7,9,11-12,17,19H,8,10H2,1-2H3/t11-,12-,17-,19-,20-/m1/s1. The van der Waals surface area contributed by atoms with Crippen LogP contribution >= 0.6 is 0 Å². The number of fused-ring (bicyclic) bond motifs is 2. The zero-order valence-electron chi connectivity index (χ0n) is 14.2. The van der Waals surface area contributed by atoms with E-state index >= 15 is 0 Å². The highest BCUT2D eigenvalue weighted by Crippen LogP contribution is 2.58. The normalized spacial score (nSPS) is 36.3. The molecule has 0 radical (unpaired) electrons. The summed E-state index contributed by atoms with van der Waals surface area (Å²) in [6, 6.07) is 7.82. The van der Waals surface area contributed by atoms with Crippen molar-refractivity contribution < 1.29 is 23.4 Å². The fraction of sp³-hybridized carbons (Fsp3) is 0.450. The molecule has 0 aliphatic carbocycles. The van der Waals surface area contributed by atoms with Crippen molar-refractivity contribution in [2.24, 2.45) is 5.92 Å². The molecule has 5 heteroatoms. The minimum absolute atomic E-state index is 0.0763. The highest BCUT2D eigenvalue weighted by molar-refractivity contribution is 5.93. The van der Waals surface area contributed by atoms with Gasteiger partial charge in [0.1, 0.15) is 6.61 Å². The van der Waals surface area contributed by atoms with Gasteiger partial charge >= 0.3 is 5.97 Å². The Kier molecular flexibility index (Phi) is 3.15. The van der Waals surface area contributed by atoms with Crippen LogP contribution in [-0.4, -0.2) is 18.4 Å². The molecular weight excluding hydrogens is 320 g/mol. The topological polar surface area (TPSA) is 57.9 Å². The van der Waals surface area contributed by atoms with Gasteiger partial charge in [0.15, 0.2) is 6.29 Å². The Morgan fingerprint density at radius 3 is 2.84 bits per heavy atom. The first-order chi connectivity index (χ1) is 12.1. The van der Waals surface area contributed by atoms with Crippen LogP contribution in [0.25, 0.3) is 0 Å². The first-order valence-corrected chi connectivity index (χ1v) is 8.74. The SMILES string of the molecule is C[C@@H]1[C@@H](C)O[C@@H]2O[C@@H](c3ccoc3)C[C@@]21c1cccc2c1COC2=O. The lowest BCUT2D eigenvalue weighted by atomic mass is 9.66. The highest BCUT2D eigenvalue weighted by atomic mass is 16.7. The summed E-state index contributed by atoms with van der Waals surface area (Å²) in [5.74, 6) is 0.0197. The monoisotopic (exact) mass is 340 g/mol. The first-order valence-electron chi connectivity index (χ1n) is 8.74. The third-order valence-corrected chi connectivity index (χ3v) is 6.25. The molecule has 5 nitrogen and oxygen atoms in total. The predicted octanol–water partition coefficient (Wildman–Crippen LogP) is 3.73. The van der Waals surface area contributed by atoms with Crippen molar-refractivity contribution in [2.45, 2.75) is 50.8 Å². The summed E-state index contributed by atoms with van der Waals surface area (Å²) in [7, 11) is 0. The Labute approximate surface area is 145 Å². The molecule has 2 fully saturated rings. The predicted molar refractivity (Wildman–Crippen MR) is 87.9 cm³/mol. The van der Waals surface area contributed by atoms with Gasteiger partial charge in [-0.15, -0.1) is 0 Å². The molecule has 0 spiro atoms. The molecular formula is C20H20O5. The van der Waals surface area contributed by atoms with Crippen LogP contribution in [0.2, 0.25) is 0 Å². The van der Waals surface area contributed by atoms with E-state index in [2.05, 4.69) is 19.9 Å². The van der Waals surface area contributed by atoms with Gasteiger partial charge < -0.3 is 18.6 Å². The van der Waals surface area contributed by atoms with Gasteiger partial charge in [-0.2, -0.15) is 0 Å². The highest BCUT2D eigenvalue weighted by Gasteiger charge is 2.61. The summed E-state index contributed by atoms with van der Waals surface area (Å²) in [5.41, 5.74) is 3.52. The number of carbonyl (C=O) groups is 1. The largest absolute Gasteiger partial charge is 0.472 e. The second-order valence-electron chi connectivity index (χ2n) is 7.30. The van der Waals surface area contributed by atoms with Gasteiger partial charge in [0, 0.05) is 11.1 Å². The van der Waals surface area contributed by atoms with E-state index in [0.29, 0.717) is 12.2 Å². The van der Waals surface area contributed by atoms with Crippen LogP contribution in [0, 0.1) is 5.92 Å². The molecule has 2 saturated heterocycles. The summed E-state index contributed by atoms with van der Waals surface area (Å²) >= 11 is 0. The zero-order valence-corrected chi connectivity index (χ0v) is 14.2. The van der Waals surface area contributed by atoms with E-state index < -0.39 is 0 Å². The van der Waals surface area contributed by atoms with Crippen molar-refractivity contribution in [3.8, 4) is 0 Å². The number of ether oxygens (including phenoxy) is 3. The Balaban J connectivity index is 1.65. The molecule has 0 saturated carbocycles. The van der Waals surface area contributed by atoms with E-state index in [4.69, 9.17) is 18.6 Å². The Morgan fingerprint density at radius 2 is 2.04 bits per heavy atom. The van der Waals surface area contributed by atoms with Crippen molar-refractivity contribution in [2.75, 3.05) is 0 Å². The van der Waals surface area contributed by atoms with Crippen LogP contribution in [-0.2, 0) is 26.2 Å². The third kappa shape index (κ3) is 1.94. The van der Waals surface area contributed by atoms with Crippen molar-refractivity contribution in [1.82, 2.24) is 0 Å². The van der Waals surface area contributed by atoms with E-state index in [1.165, 1.54) is 0 Å². The lowest BCUT2D eigenvalue weighted by Crippen LogP contribution is -2.37. The molecule has 1 aromatic carbocycles.